The molecule has 1 aromatic rings. The molecule has 0 radical (unpaired) electrons. The molecule has 0 saturated heterocycles. The number of carbonyl (C=O) groups excluding carboxylic acids is 1. The standard InChI is InChI=1S/C10H12BrNO3/c1-14-8-3-6(7(13)5-12)4-9(15-2)10(8)11/h3-4H,5,12H2,1-2H3. The third kappa shape index (κ3) is 2.49. The van der Waals surface area contributed by atoms with E-state index in [1.165, 1.54) is 14.2 Å². The van der Waals surface area contributed by atoms with Gasteiger partial charge >= 0.3 is 0 Å². The Morgan fingerprint density at radius 2 is 1.80 bits per heavy atom. The Balaban J connectivity index is 3.26. The minimum Gasteiger partial charge on any atom is -0.495 e. The predicted octanol–water partition coefficient (Wildman–Crippen LogP) is 1.61. The number of nitrogens with two attached hydrogens (primary N) is 1. The molecule has 1 aromatic carbocycles. The van der Waals surface area contributed by atoms with Crippen LogP contribution in [0.15, 0.2) is 16.6 Å². The smallest absolute Gasteiger partial charge is 0.176 e. The fourth-order valence-electron chi connectivity index (χ4n) is 1.15. The zero-order valence-corrected chi connectivity index (χ0v) is 10.1. The first-order valence-corrected chi connectivity index (χ1v) is 5.08. The summed E-state index contributed by atoms with van der Waals surface area (Å²) in [4.78, 5) is 11.4. The first-order valence-electron chi connectivity index (χ1n) is 4.28. The maximum absolute atomic E-state index is 11.4. The van der Waals surface area contributed by atoms with Gasteiger partial charge in [-0.3, -0.25) is 4.79 Å². The van der Waals surface area contributed by atoms with Crippen molar-refractivity contribution < 1.29 is 14.3 Å². The normalized spacial score (nSPS) is 9.87. The van der Waals surface area contributed by atoms with Crippen molar-refractivity contribution >= 4 is 21.7 Å². The highest BCUT2D eigenvalue weighted by Crippen LogP contribution is 2.35. The van der Waals surface area contributed by atoms with E-state index in [9.17, 15) is 4.79 Å². The van der Waals surface area contributed by atoms with Crippen LogP contribution in [0.1, 0.15) is 10.4 Å². The first-order chi connectivity index (χ1) is 7.13. The van der Waals surface area contributed by atoms with Gasteiger partial charge in [0, 0.05) is 5.56 Å². The van der Waals surface area contributed by atoms with Gasteiger partial charge in [-0.25, -0.2) is 0 Å². The zero-order valence-electron chi connectivity index (χ0n) is 8.54. The topological polar surface area (TPSA) is 61.5 Å². The molecule has 0 bridgehead atoms. The van der Waals surface area contributed by atoms with Crippen LogP contribution in [0.2, 0.25) is 0 Å². The van der Waals surface area contributed by atoms with Crippen LogP contribution in [-0.4, -0.2) is 26.5 Å². The van der Waals surface area contributed by atoms with Crippen molar-refractivity contribution in [1.82, 2.24) is 0 Å². The lowest BCUT2D eigenvalue weighted by atomic mass is 10.1. The minimum atomic E-state index is -0.154. The van der Waals surface area contributed by atoms with Gasteiger partial charge in [-0.15, -0.1) is 0 Å². The number of Topliss-reactive ketones (excluding diaryl/α,β-unsaturated/α-hetero) is 1. The number of ether oxygens (including phenoxy) is 2. The number of carbonyl (C=O) groups is 1. The first kappa shape index (κ1) is 12.0. The van der Waals surface area contributed by atoms with Crippen LogP contribution in [0, 0.1) is 0 Å². The number of rotatable bonds is 4. The van der Waals surface area contributed by atoms with Crippen molar-refractivity contribution in [1.29, 1.82) is 0 Å². The molecular weight excluding hydrogens is 262 g/mol. The average Bonchev–Trinajstić information content (AvgIpc) is 2.28. The second-order valence-corrected chi connectivity index (χ2v) is 3.62. The Morgan fingerprint density at radius 3 is 2.13 bits per heavy atom. The van der Waals surface area contributed by atoms with E-state index in [2.05, 4.69) is 15.9 Å². The van der Waals surface area contributed by atoms with Crippen LogP contribution in [0.25, 0.3) is 0 Å². The second-order valence-electron chi connectivity index (χ2n) is 2.82. The van der Waals surface area contributed by atoms with E-state index < -0.39 is 0 Å². The summed E-state index contributed by atoms with van der Waals surface area (Å²) in [6.07, 6.45) is 0. The summed E-state index contributed by atoms with van der Waals surface area (Å²) < 4.78 is 10.9. The molecule has 0 fully saturated rings. The van der Waals surface area contributed by atoms with E-state index in [0.717, 1.165) is 0 Å². The molecule has 0 aromatic heterocycles. The second kappa shape index (κ2) is 5.14. The monoisotopic (exact) mass is 273 g/mol. The van der Waals surface area contributed by atoms with Gasteiger partial charge < -0.3 is 15.2 Å². The van der Waals surface area contributed by atoms with Gasteiger partial charge in [0.2, 0.25) is 0 Å². The van der Waals surface area contributed by atoms with Gasteiger partial charge in [-0.05, 0) is 28.1 Å². The molecule has 0 aliphatic heterocycles. The summed E-state index contributed by atoms with van der Waals surface area (Å²) in [6, 6.07) is 3.25. The molecule has 82 valence electrons. The van der Waals surface area contributed by atoms with Crippen LogP contribution in [0.5, 0.6) is 11.5 Å². The molecule has 0 amide bonds. The SMILES string of the molecule is COc1cc(C(=O)CN)cc(OC)c1Br. The maximum atomic E-state index is 11.4. The lowest BCUT2D eigenvalue weighted by molar-refractivity contribution is 0.100. The number of hydrogen-bond acceptors (Lipinski definition) is 4. The molecule has 15 heavy (non-hydrogen) atoms. The average molecular weight is 274 g/mol. The molecule has 0 aliphatic rings. The Hall–Kier alpha value is -1.07. The molecule has 0 atom stereocenters. The Kier molecular flexibility index (Phi) is 4.11. The third-order valence-electron chi connectivity index (χ3n) is 1.95. The Bertz CT molecular complexity index is 354. The summed E-state index contributed by atoms with van der Waals surface area (Å²) in [5.41, 5.74) is 5.76. The van der Waals surface area contributed by atoms with Crippen LogP contribution in [-0.2, 0) is 0 Å². The molecule has 0 heterocycles. The van der Waals surface area contributed by atoms with E-state index in [0.29, 0.717) is 21.5 Å². The number of halogens is 1. The van der Waals surface area contributed by atoms with Gasteiger partial charge in [0.25, 0.3) is 0 Å². The summed E-state index contributed by atoms with van der Waals surface area (Å²) in [5.74, 6) is 0.941. The largest absolute Gasteiger partial charge is 0.495 e. The molecule has 0 saturated carbocycles. The van der Waals surface area contributed by atoms with Crippen molar-refractivity contribution in [2.24, 2.45) is 5.73 Å². The molecular formula is C10H12BrNO3. The van der Waals surface area contributed by atoms with E-state index >= 15 is 0 Å². The van der Waals surface area contributed by atoms with Gasteiger partial charge in [0.05, 0.1) is 20.8 Å². The molecule has 4 nitrogen and oxygen atoms in total. The van der Waals surface area contributed by atoms with Crippen LogP contribution in [0.3, 0.4) is 0 Å². The molecule has 0 aliphatic carbocycles. The summed E-state index contributed by atoms with van der Waals surface area (Å²) >= 11 is 3.31. The van der Waals surface area contributed by atoms with Crippen molar-refractivity contribution in [2.45, 2.75) is 0 Å². The van der Waals surface area contributed by atoms with Crippen molar-refractivity contribution in [2.75, 3.05) is 20.8 Å². The van der Waals surface area contributed by atoms with Crippen molar-refractivity contribution in [3.8, 4) is 11.5 Å². The van der Waals surface area contributed by atoms with Crippen molar-refractivity contribution in [3.05, 3.63) is 22.2 Å². The van der Waals surface area contributed by atoms with E-state index in [1.807, 2.05) is 0 Å². The highest BCUT2D eigenvalue weighted by molar-refractivity contribution is 9.10. The van der Waals surface area contributed by atoms with Crippen LogP contribution in [0.4, 0.5) is 0 Å². The van der Waals surface area contributed by atoms with Gasteiger partial charge in [-0.2, -0.15) is 0 Å². The summed E-state index contributed by atoms with van der Waals surface area (Å²) in [7, 11) is 3.05. The van der Waals surface area contributed by atoms with Gasteiger partial charge in [-0.1, -0.05) is 0 Å². The van der Waals surface area contributed by atoms with Crippen LogP contribution >= 0.6 is 15.9 Å². The number of ketones is 1. The van der Waals surface area contributed by atoms with Crippen LogP contribution < -0.4 is 15.2 Å². The molecule has 5 heteroatoms. The minimum absolute atomic E-state index is 0.0338. The van der Waals surface area contributed by atoms with Crippen molar-refractivity contribution in [3.63, 3.8) is 0 Å². The lowest BCUT2D eigenvalue weighted by Crippen LogP contribution is -2.13. The number of hydrogen-bond donors (Lipinski definition) is 1. The predicted molar refractivity (Wildman–Crippen MR) is 60.6 cm³/mol. The fourth-order valence-corrected chi connectivity index (χ4v) is 1.70. The lowest BCUT2D eigenvalue weighted by Gasteiger charge is -2.10. The number of methoxy groups -OCH3 is 2. The summed E-state index contributed by atoms with van der Waals surface area (Å²) in [5, 5.41) is 0. The Morgan fingerprint density at radius 1 is 1.33 bits per heavy atom. The van der Waals surface area contributed by atoms with Gasteiger partial charge in [0.1, 0.15) is 16.0 Å². The third-order valence-corrected chi connectivity index (χ3v) is 2.73. The number of benzene rings is 1. The summed E-state index contributed by atoms with van der Waals surface area (Å²) in [6.45, 7) is -0.0338. The van der Waals surface area contributed by atoms with E-state index in [-0.39, 0.29) is 12.3 Å². The molecule has 0 unspecified atom stereocenters. The zero-order chi connectivity index (χ0) is 11.4. The highest BCUT2D eigenvalue weighted by Gasteiger charge is 2.13. The fraction of sp³-hybridized carbons (Fsp3) is 0.300. The molecule has 0 spiro atoms. The van der Waals surface area contributed by atoms with E-state index in [4.69, 9.17) is 15.2 Å². The quantitative estimate of drug-likeness (QED) is 0.847. The molecule has 2 N–H and O–H groups in total. The highest BCUT2D eigenvalue weighted by atomic mass is 79.9. The maximum Gasteiger partial charge on any atom is 0.176 e. The molecule has 1 rings (SSSR count). The van der Waals surface area contributed by atoms with E-state index in [1.54, 1.807) is 12.1 Å². The van der Waals surface area contributed by atoms with Gasteiger partial charge in [0.15, 0.2) is 5.78 Å². The Labute approximate surface area is 96.5 Å².